The third-order valence-electron chi connectivity index (χ3n) is 4.41. The van der Waals surface area contributed by atoms with Crippen molar-refractivity contribution in [2.75, 3.05) is 10.6 Å². The number of thiocarbonyl (C=S) groups is 1. The molecule has 0 aliphatic heterocycles. The summed E-state index contributed by atoms with van der Waals surface area (Å²) in [7, 11) is 0. The van der Waals surface area contributed by atoms with Gasteiger partial charge in [-0.05, 0) is 68.4 Å². The highest BCUT2D eigenvalue weighted by Crippen LogP contribution is 2.23. The summed E-state index contributed by atoms with van der Waals surface area (Å²) in [5.41, 5.74) is 2.69. The predicted octanol–water partition coefficient (Wildman–Crippen LogP) is 4.65. The quantitative estimate of drug-likeness (QED) is 0.576. The minimum absolute atomic E-state index is 0.0689. The van der Waals surface area contributed by atoms with Crippen molar-refractivity contribution in [3.8, 4) is 5.75 Å². The van der Waals surface area contributed by atoms with Crippen LogP contribution in [0.25, 0.3) is 0 Å². The smallest absolute Gasteiger partial charge is 0.257 e. The second-order valence-electron chi connectivity index (χ2n) is 6.65. The summed E-state index contributed by atoms with van der Waals surface area (Å²) in [6.45, 7) is 7.68. The van der Waals surface area contributed by atoms with Crippen molar-refractivity contribution in [2.45, 2.75) is 46.6 Å². The first kappa shape index (κ1) is 22.4. The number of hydrogen-bond acceptors (Lipinski definition) is 4. The van der Waals surface area contributed by atoms with Crippen LogP contribution in [0.15, 0.2) is 42.5 Å². The van der Waals surface area contributed by atoms with Gasteiger partial charge in [0.05, 0.1) is 6.10 Å². The van der Waals surface area contributed by atoms with Crippen LogP contribution >= 0.6 is 12.2 Å². The van der Waals surface area contributed by atoms with Crippen LogP contribution in [0.1, 0.15) is 49.5 Å². The van der Waals surface area contributed by atoms with Gasteiger partial charge in [-0.3, -0.25) is 14.9 Å². The van der Waals surface area contributed by atoms with Gasteiger partial charge in [-0.2, -0.15) is 0 Å². The first-order valence-electron chi connectivity index (χ1n) is 9.62. The van der Waals surface area contributed by atoms with Gasteiger partial charge in [-0.1, -0.05) is 26.0 Å². The number of carbonyl (C=O) groups is 2. The minimum atomic E-state index is -0.329. The second kappa shape index (κ2) is 10.6. The molecule has 0 saturated heterocycles. The highest BCUT2D eigenvalue weighted by molar-refractivity contribution is 7.80. The topological polar surface area (TPSA) is 79.5 Å². The Bertz CT molecular complexity index is 899. The predicted molar refractivity (Wildman–Crippen MR) is 121 cm³/mol. The van der Waals surface area contributed by atoms with Gasteiger partial charge >= 0.3 is 0 Å². The number of benzene rings is 2. The summed E-state index contributed by atoms with van der Waals surface area (Å²) in [6, 6.07) is 12.4. The van der Waals surface area contributed by atoms with E-state index in [1.165, 1.54) is 0 Å². The molecule has 2 amide bonds. The number of ether oxygens (including phenoxy) is 1. The lowest BCUT2D eigenvalue weighted by atomic mass is 10.1. The zero-order valence-electron chi connectivity index (χ0n) is 17.2. The van der Waals surface area contributed by atoms with E-state index in [2.05, 4.69) is 16.0 Å². The summed E-state index contributed by atoms with van der Waals surface area (Å²) < 4.78 is 5.76. The van der Waals surface area contributed by atoms with Crippen LogP contribution in [0.5, 0.6) is 5.75 Å². The third-order valence-corrected chi connectivity index (χ3v) is 4.62. The van der Waals surface area contributed by atoms with Gasteiger partial charge in [-0.25, -0.2) is 0 Å². The van der Waals surface area contributed by atoms with Crippen molar-refractivity contribution < 1.29 is 14.3 Å². The van der Waals surface area contributed by atoms with E-state index in [1.54, 1.807) is 31.2 Å². The van der Waals surface area contributed by atoms with Crippen LogP contribution in [-0.4, -0.2) is 23.0 Å². The summed E-state index contributed by atoms with van der Waals surface area (Å²) in [5, 5.41) is 8.71. The number of rotatable bonds is 7. The summed E-state index contributed by atoms with van der Waals surface area (Å²) >= 11 is 5.29. The Labute approximate surface area is 177 Å². The fraction of sp³-hybridized carbons (Fsp3) is 0.318. The Morgan fingerprint density at radius 2 is 1.72 bits per heavy atom. The highest BCUT2D eigenvalue weighted by atomic mass is 32.1. The van der Waals surface area contributed by atoms with Gasteiger partial charge < -0.3 is 15.4 Å². The van der Waals surface area contributed by atoms with Crippen molar-refractivity contribution in [3.05, 3.63) is 53.6 Å². The normalized spacial score (nSPS) is 11.3. The Kier molecular flexibility index (Phi) is 8.15. The molecule has 0 spiro atoms. The fourth-order valence-corrected chi connectivity index (χ4v) is 2.70. The first-order chi connectivity index (χ1) is 13.8. The summed E-state index contributed by atoms with van der Waals surface area (Å²) in [6.07, 6.45) is 1.34. The SMILES string of the molecule is CCC(=O)Nc1cccc(NC(=S)NC(=O)c2cccc(OC(C)CC)c2)c1C. The summed E-state index contributed by atoms with van der Waals surface area (Å²) in [4.78, 5) is 24.2. The molecule has 1 atom stereocenters. The minimum Gasteiger partial charge on any atom is -0.491 e. The maximum Gasteiger partial charge on any atom is 0.257 e. The molecule has 3 N–H and O–H groups in total. The van der Waals surface area contributed by atoms with E-state index in [1.807, 2.05) is 39.0 Å². The Balaban J connectivity index is 2.04. The van der Waals surface area contributed by atoms with E-state index in [0.717, 1.165) is 12.0 Å². The molecule has 2 aromatic carbocycles. The number of carbonyl (C=O) groups excluding carboxylic acids is 2. The van der Waals surface area contributed by atoms with Crippen molar-refractivity contribution >= 4 is 40.5 Å². The number of amides is 2. The lowest BCUT2D eigenvalue weighted by Gasteiger charge is -2.15. The highest BCUT2D eigenvalue weighted by Gasteiger charge is 2.12. The van der Waals surface area contributed by atoms with Crippen molar-refractivity contribution in [2.24, 2.45) is 0 Å². The first-order valence-corrected chi connectivity index (χ1v) is 10.0. The molecule has 0 aliphatic rings. The molecule has 0 saturated carbocycles. The van der Waals surface area contributed by atoms with Gasteiger partial charge in [0.25, 0.3) is 5.91 Å². The maximum atomic E-state index is 12.5. The van der Waals surface area contributed by atoms with Gasteiger partial charge in [0.2, 0.25) is 5.91 Å². The molecule has 2 rings (SSSR count). The number of hydrogen-bond donors (Lipinski definition) is 3. The van der Waals surface area contributed by atoms with Gasteiger partial charge in [0.1, 0.15) is 5.75 Å². The van der Waals surface area contributed by atoms with Crippen LogP contribution in [0.3, 0.4) is 0 Å². The van der Waals surface area contributed by atoms with E-state index < -0.39 is 0 Å². The summed E-state index contributed by atoms with van der Waals surface area (Å²) in [5.74, 6) is 0.243. The van der Waals surface area contributed by atoms with Crippen LogP contribution in [0.2, 0.25) is 0 Å². The standard InChI is InChI=1S/C22H27N3O3S/c1-5-14(3)28-17-10-7-9-16(13-17)21(27)25-22(29)24-19-12-8-11-18(15(19)4)23-20(26)6-2/h7-14H,5-6H2,1-4H3,(H,23,26)(H2,24,25,27,29). The molecule has 0 heterocycles. The largest absolute Gasteiger partial charge is 0.491 e. The molecular weight excluding hydrogens is 386 g/mol. The maximum absolute atomic E-state index is 12.5. The van der Waals surface area contributed by atoms with Crippen LogP contribution in [0.4, 0.5) is 11.4 Å². The average Bonchev–Trinajstić information content (AvgIpc) is 2.70. The third kappa shape index (κ3) is 6.57. The van der Waals surface area contributed by atoms with E-state index in [0.29, 0.717) is 29.1 Å². The molecule has 0 fully saturated rings. The van der Waals surface area contributed by atoms with Crippen LogP contribution < -0.4 is 20.7 Å². The molecule has 2 aromatic rings. The lowest BCUT2D eigenvalue weighted by molar-refractivity contribution is -0.115. The Morgan fingerprint density at radius 3 is 2.38 bits per heavy atom. The lowest BCUT2D eigenvalue weighted by Crippen LogP contribution is -2.34. The zero-order valence-corrected chi connectivity index (χ0v) is 18.0. The van der Waals surface area contributed by atoms with E-state index in [4.69, 9.17) is 17.0 Å². The van der Waals surface area contributed by atoms with Crippen molar-refractivity contribution in [1.29, 1.82) is 0 Å². The van der Waals surface area contributed by atoms with E-state index >= 15 is 0 Å². The Morgan fingerprint density at radius 1 is 1.07 bits per heavy atom. The molecule has 0 aliphatic carbocycles. The van der Waals surface area contributed by atoms with Gasteiger partial charge in [0.15, 0.2) is 5.11 Å². The molecule has 154 valence electrons. The molecule has 0 radical (unpaired) electrons. The van der Waals surface area contributed by atoms with Gasteiger partial charge in [-0.15, -0.1) is 0 Å². The average molecular weight is 414 g/mol. The molecule has 0 bridgehead atoms. The fourth-order valence-electron chi connectivity index (χ4n) is 2.50. The number of nitrogens with one attached hydrogen (secondary N) is 3. The number of anilines is 2. The zero-order chi connectivity index (χ0) is 21.4. The van der Waals surface area contributed by atoms with Crippen LogP contribution in [0, 0.1) is 6.92 Å². The second-order valence-corrected chi connectivity index (χ2v) is 7.06. The van der Waals surface area contributed by atoms with E-state index in [-0.39, 0.29) is 23.0 Å². The molecule has 0 aromatic heterocycles. The van der Waals surface area contributed by atoms with E-state index in [9.17, 15) is 9.59 Å². The Hall–Kier alpha value is -2.93. The molecule has 1 unspecified atom stereocenters. The van der Waals surface area contributed by atoms with Crippen LogP contribution in [-0.2, 0) is 4.79 Å². The molecule has 29 heavy (non-hydrogen) atoms. The molecule has 7 heteroatoms. The van der Waals surface area contributed by atoms with Crippen molar-refractivity contribution in [1.82, 2.24) is 5.32 Å². The molecule has 6 nitrogen and oxygen atoms in total. The monoisotopic (exact) mass is 413 g/mol. The molecular formula is C22H27N3O3S. The van der Waals surface area contributed by atoms with Gasteiger partial charge in [0, 0.05) is 23.4 Å². The van der Waals surface area contributed by atoms with Crippen molar-refractivity contribution in [3.63, 3.8) is 0 Å².